The van der Waals surface area contributed by atoms with Gasteiger partial charge in [0.2, 0.25) is 0 Å². The van der Waals surface area contributed by atoms with Crippen molar-refractivity contribution >= 4 is 5.78 Å². The van der Waals surface area contributed by atoms with Crippen molar-refractivity contribution in [1.82, 2.24) is 0 Å². The maximum atomic E-state index is 11.4. The predicted molar refractivity (Wildman–Crippen MR) is 97.5 cm³/mol. The van der Waals surface area contributed by atoms with E-state index in [-0.39, 0.29) is 6.10 Å². The number of Topliss-reactive ketones (excluding diaryl/α,β-unsaturated/α-hetero) is 1. The number of fused-ring (bicyclic) bond motifs is 2. The Morgan fingerprint density at radius 2 is 1.54 bits per heavy atom. The zero-order valence-electron chi connectivity index (χ0n) is 14.6. The van der Waals surface area contributed by atoms with Gasteiger partial charge in [0.15, 0.2) is 5.78 Å². The number of aryl methyl sites for hydroxylation is 4. The molecule has 4 rings (SSSR count). The Hall–Kier alpha value is -1.93. The molecule has 2 aromatic rings. The third-order valence-electron chi connectivity index (χ3n) is 5.00. The van der Waals surface area contributed by atoms with Crippen LogP contribution in [0.25, 0.3) is 0 Å². The molecule has 0 spiro atoms. The zero-order valence-corrected chi connectivity index (χ0v) is 14.6. The summed E-state index contributed by atoms with van der Waals surface area (Å²) in [7, 11) is 0. The summed E-state index contributed by atoms with van der Waals surface area (Å²) >= 11 is 0. The minimum absolute atomic E-state index is 0.214. The second-order valence-electron chi connectivity index (χ2n) is 7.05. The van der Waals surface area contributed by atoms with Gasteiger partial charge in [-0.25, -0.2) is 0 Å². The van der Waals surface area contributed by atoms with Crippen molar-refractivity contribution in [3.63, 3.8) is 0 Å². The van der Waals surface area contributed by atoms with Crippen LogP contribution in [0, 0.1) is 13.8 Å². The van der Waals surface area contributed by atoms with Gasteiger partial charge >= 0.3 is 0 Å². The first-order valence-electron chi connectivity index (χ1n) is 8.95. The first-order valence-corrected chi connectivity index (χ1v) is 8.95. The Bertz CT molecular complexity index is 746. The van der Waals surface area contributed by atoms with Gasteiger partial charge in [-0.05, 0) is 68.7 Å². The molecule has 2 aliphatic carbocycles. The van der Waals surface area contributed by atoms with Crippen LogP contribution < -0.4 is 0 Å². The van der Waals surface area contributed by atoms with Crippen LogP contribution in [-0.2, 0) is 12.8 Å². The van der Waals surface area contributed by atoms with Gasteiger partial charge in [-0.3, -0.25) is 4.79 Å². The fraction of sp³-hybridized carbons (Fsp3) is 0.409. The Kier molecular flexibility index (Phi) is 5.15. The van der Waals surface area contributed by atoms with Crippen LogP contribution in [0.4, 0.5) is 0 Å². The first-order chi connectivity index (χ1) is 11.5. The van der Waals surface area contributed by atoms with Gasteiger partial charge in [-0.1, -0.05) is 41.5 Å². The molecule has 0 aromatic heterocycles. The van der Waals surface area contributed by atoms with Gasteiger partial charge in [-0.2, -0.15) is 0 Å². The van der Waals surface area contributed by atoms with E-state index in [4.69, 9.17) is 0 Å². The van der Waals surface area contributed by atoms with E-state index in [9.17, 15) is 9.90 Å². The summed E-state index contributed by atoms with van der Waals surface area (Å²) < 4.78 is 0. The summed E-state index contributed by atoms with van der Waals surface area (Å²) in [5.41, 5.74) is 7.11. The quantitative estimate of drug-likeness (QED) is 0.750. The number of ketones is 1. The largest absolute Gasteiger partial charge is 0.388 e. The number of benzene rings is 2. The lowest BCUT2D eigenvalue weighted by molar-refractivity contribution is 0.0972. The molecule has 126 valence electrons. The van der Waals surface area contributed by atoms with Crippen molar-refractivity contribution in [2.75, 3.05) is 0 Å². The van der Waals surface area contributed by atoms with Crippen LogP contribution >= 0.6 is 0 Å². The minimum atomic E-state index is -0.214. The molecule has 2 nitrogen and oxygen atoms in total. The van der Waals surface area contributed by atoms with Gasteiger partial charge in [0, 0.05) is 12.0 Å². The van der Waals surface area contributed by atoms with Crippen molar-refractivity contribution in [2.45, 2.75) is 58.5 Å². The lowest BCUT2D eigenvalue weighted by Gasteiger charge is -2.21. The number of hydrogen-bond donors (Lipinski definition) is 1. The monoisotopic (exact) mass is 322 g/mol. The molecule has 1 unspecified atom stereocenters. The lowest BCUT2D eigenvalue weighted by atomic mass is 9.88. The second kappa shape index (κ2) is 7.31. The maximum absolute atomic E-state index is 11.4. The standard InChI is InChI=1S/C11H14O.C11H12O/c2*1-8-5-6-9-3-2-4-11(12)10(9)7-8/h5-7,11-12H,2-4H2,1H3;5-7H,2-4H2,1H3. The third kappa shape index (κ3) is 3.76. The Labute approximate surface area is 144 Å². The molecule has 2 aliphatic rings. The van der Waals surface area contributed by atoms with Crippen molar-refractivity contribution < 1.29 is 9.90 Å². The van der Waals surface area contributed by atoms with Crippen molar-refractivity contribution in [3.8, 4) is 0 Å². The molecular weight excluding hydrogens is 296 g/mol. The fourth-order valence-corrected chi connectivity index (χ4v) is 3.64. The molecule has 0 radical (unpaired) electrons. The summed E-state index contributed by atoms with van der Waals surface area (Å²) in [6.45, 7) is 4.10. The molecule has 0 aliphatic heterocycles. The maximum Gasteiger partial charge on any atom is 0.163 e. The average molecular weight is 322 g/mol. The van der Waals surface area contributed by atoms with Crippen LogP contribution in [0.2, 0.25) is 0 Å². The van der Waals surface area contributed by atoms with Crippen molar-refractivity contribution in [3.05, 3.63) is 69.8 Å². The molecule has 0 heterocycles. The fourth-order valence-electron chi connectivity index (χ4n) is 3.64. The number of carbonyl (C=O) groups excluding carboxylic acids is 1. The highest BCUT2D eigenvalue weighted by Gasteiger charge is 2.17. The van der Waals surface area contributed by atoms with Crippen LogP contribution in [-0.4, -0.2) is 10.9 Å². The smallest absolute Gasteiger partial charge is 0.163 e. The molecule has 0 bridgehead atoms. The van der Waals surface area contributed by atoms with Crippen LogP contribution in [0.5, 0.6) is 0 Å². The molecule has 0 amide bonds. The van der Waals surface area contributed by atoms with Crippen LogP contribution in [0.3, 0.4) is 0 Å². The van der Waals surface area contributed by atoms with E-state index in [1.54, 1.807) is 0 Å². The summed E-state index contributed by atoms with van der Waals surface area (Å²) in [5.74, 6) is 0.319. The highest BCUT2D eigenvalue weighted by Crippen LogP contribution is 2.29. The molecule has 0 saturated carbocycles. The molecular formula is C22H26O2. The Morgan fingerprint density at radius 1 is 0.875 bits per heavy atom. The van der Waals surface area contributed by atoms with Gasteiger partial charge in [0.1, 0.15) is 0 Å². The van der Waals surface area contributed by atoms with Crippen LogP contribution in [0.15, 0.2) is 36.4 Å². The van der Waals surface area contributed by atoms with E-state index in [2.05, 4.69) is 37.3 Å². The number of carbonyl (C=O) groups is 1. The summed E-state index contributed by atoms with van der Waals surface area (Å²) in [6.07, 6.45) is 5.79. The highest BCUT2D eigenvalue weighted by atomic mass is 16.3. The number of rotatable bonds is 0. The van der Waals surface area contributed by atoms with E-state index >= 15 is 0 Å². The van der Waals surface area contributed by atoms with Crippen LogP contribution in [0.1, 0.15) is 70.0 Å². The SMILES string of the molecule is Cc1ccc2c(c1)C(=O)CCC2.Cc1ccc2c(c1)C(O)CCC2. The zero-order chi connectivity index (χ0) is 17.1. The van der Waals surface area contributed by atoms with Gasteiger partial charge in [-0.15, -0.1) is 0 Å². The van der Waals surface area contributed by atoms with Crippen molar-refractivity contribution in [1.29, 1.82) is 0 Å². The molecule has 2 heteroatoms. The Balaban J connectivity index is 0.000000141. The van der Waals surface area contributed by atoms with Gasteiger partial charge < -0.3 is 5.11 Å². The molecule has 2 aromatic carbocycles. The van der Waals surface area contributed by atoms with E-state index in [1.165, 1.54) is 22.3 Å². The molecule has 0 saturated heterocycles. The first kappa shape index (κ1) is 16.9. The van der Waals surface area contributed by atoms with E-state index in [1.807, 2.05) is 13.0 Å². The number of aliphatic hydroxyl groups is 1. The molecule has 1 atom stereocenters. The minimum Gasteiger partial charge on any atom is -0.388 e. The lowest BCUT2D eigenvalue weighted by Crippen LogP contribution is -2.10. The summed E-state index contributed by atoms with van der Waals surface area (Å²) in [5, 5.41) is 9.69. The van der Waals surface area contributed by atoms with Gasteiger partial charge in [0.05, 0.1) is 6.10 Å². The Morgan fingerprint density at radius 3 is 2.33 bits per heavy atom. The topological polar surface area (TPSA) is 37.3 Å². The summed E-state index contributed by atoms with van der Waals surface area (Å²) in [4.78, 5) is 11.4. The highest BCUT2D eigenvalue weighted by molar-refractivity contribution is 5.98. The summed E-state index contributed by atoms with van der Waals surface area (Å²) in [6, 6.07) is 12.6. The van der Waals surface area contributed by atoms with Crippen molar-refractivity contribution in [2.24, 2.45) is 0 Å². The van der Waals surface area contributed by atoms with E-state index in [0.717, 1.165) is 49.7 Å². The van der Waals surface area contributed by atoms with Gasteiger partial charge in [0.25, 0.3) is 0 Å². The van der Waals surface area contributed by atoms with E-state index < -0.39 is 0 Å². The second-order valence-corrected chi connectivity index (χ2v) is 7.05. The predicted octanol–water partition coefficient (Wildman–Crippen LogP) is 4.88. The number of hydrogen-bond acceptors (Lipinski definition) is 2. The van der Waals surface area contributed by atoms with E-state index in [0.29, 0.717) is 5.78 Å². The third-order valence-corrected chi connectivity index (χ3v) is 5.00. The average Bonchev–Trinajstić information content (AvgIpc) is 2.57. The number of aliphatic hydroxyl groups excluding tert-OH is 1. The normalized spacial score (nSPS) is 19.0. The molecule has 0 fully saturated rings. The molecule has 24 heavy (non-hydrogen) atoms. The molecule has 1 N–H and O–H groups in total.